The maximum absolute atomic E-state index is 13.0. The van der Waals surface area contributed by atoms with E-state index in [1.807, 2.05) is 0 Å². The van der Waals surface area contributed by atoms with Crippen LogP contribution in [0, 0.1) is 12.8 Å². The minimum atomic E-state index is -0.126. The third kappa shape index (κ3) is 4.14. The van der Waals surface area contributed by atoms with Gasteiger partial charge in [-0.3, -0.25) is 9.69 Å². The van der Waals surface area contributed by atoms with Gasteiger partial charge in [-0.05, 0) is 50.6 Å². The number of piperidine rings is 1. The number of aryl methyl sites for hydroxylation is 1. The fourth-order valence-electron chi connectivity index (χ4n) is 4.09. The predicted octanol–water partition coefficient (Wildman–Crippen LogP) is 3.83. The average molecular weight is 314 g/mol. The van der Waals surface area contributed by atoms with Crippen LogP contribution in [0.2, 0.25) is 0 Å². The van der Waals surface area contributed by atoms with Gasteiger partial charge in [0.15, 0.2) is 0 Å². The van der Waals surface area contributed by atoms with E-state index in [2.05, 4.69) is 48.3 Å². The number of nitrogens with zero attached hydrogens (tertiary/aromatic N) is 1. The molecular weight excluding hydrogens is 284 g/mol. The zero-order chi connectivity index (χ0) is 16.2. The smallest absolute Gasteiger partial charge is 0.242 e. The minimum Gasteiger partial charge on any atom is -0.352 e. The summed E-state index contributed by atoms with van der Waals surface area (Å²) in [7, 11) is 0. The van der Waals surface area contributed by atoms with Gasteiger partial charge >= 0.3 is 0 Å². The number of likely N-dealkylation sites (tertiary alicyclic amines) is 1. The van der Waals surface area contributed by atoms with Gasteiger partial charge in [0, 0.05) is 12.6 Å². The van der Waals surface area contributed by atoms with Crippen LogP contribution >= 0.6 is 0 Å². The number of rotatable bonds is 4. The maximum atomic E-state index is 13.0. The van der Waals surface area contributed by atoms with Gasteiger partial charge in [-0.1, -0.05) is 49.6 Å². The highest BCUT2D eigenvalue weighted by Gasteiger charge is 2.32. The maximum Gasteiger partial charge on any atom is 0.242 e. The number of amides is 1. The lowest BCUT2D eigenvalue weighted by atomic mass is 9.95. The van der Waals surface area contributed by atoms with Crippen molar-refractivity contribution in [1.82, 2.24) is 10.2 Å². The molecule has 1 aromatic rings. The van der Waals surface area contributed by atoms with Crippen molar-refractivity contribution >= 4 is 5.91 Å². The van der Waals surface area contributed by atoms with E-state index in [9.17, 15) is 4.79 Å². The van der Waals surface area contributed by atoms with E-state index in [-0.39, 0.29) is 11.9 Å². The highest BCUT2D eigenvalue weighted by molar-refractivity contribution is 5.83. The van der Waals surface area contributed by atoms with E-state index < -0.39 is 0 Å². The van der Waals surface area contributed by atoms with Crippen LogP contribution in [0.5, 0.6) is 0 Å². The fraction of sp³-hybridized carbons (Fsp3) is 0.650. The van der Waals surface area contributed by atoms with Gasteiger partial charge in [-0.25, -0.2) is 0 Å². The van der Waals surface area contributed by atoms with E-state index in [0.717, 1.165) is 31.5 Å². The van der Waals surface area contributed by atoms with Gasteiger partial charge in [0.2, 0.25) is 5.91 Å². The molecule has 2 atom stereocenters. The molecule has 3 nitrogen and oxygen atoms in total. The second kappa shape index (κ2) is 7.48. The van der Waals surface area contributed by atoms with Crippen LogP contribution in [-0.4, -0.2) is 29.9 Å². The Hall–Kier alpha value is -1.35. The molecule has 23 heavy (non-hydrogen) atoms. The van der Waals surface area contributed by atoms with Crippen molar-refractivity contribution in [3.05, 3.63) is 35.4 Å². The summed E-state index contributed by atoms with van der Waals surface area (Å²) >= 11 is 0. The van der Waals surface area contributed by atoms with Gasteiger partial charge < -0.3 is 5.32 Å². The SMILES string of the molecule is Cc1ccc([C@H](C(=O)NC2CCCC2)N2CCC[C@H](C)C2)cc1. The first-order chi connectivity index (χ1) is 11.1. The summed E-state index contributed by atoms with van der Waals surface area (Å²) in [5.41, 5.74) is 2.39. The lowest BCUT2D eigenvalue weighted by molar-refractivity contribution is -0.128. The zero-order valence-corrected chi connectivity index (χ0v) is 14.6. The van der Waals surface area contributed by atoms with Gasteiger partial charge in [-0.2, -0.15) is 0 Å². The molecule has 2 fully saturated rings. The first-order valence-corrected chi connectivity index (χ1v) is 9.24. The van der Waals surface area contributed by atoms with E-state index in [0.29, 0.717) is 12.0 Å². The molecule has 0 spiro atoms. The van der Waals surface area contributed by atoms with Crippen LogP contribution in [0.3, 0.4) is 0 Å². The molecule has 1 aliphatic heterocycles. The Morgan fingerprint density at radius 2 is 1.83 bits per heavy atom. The molecule has 0 unspecified atom stereocenters. The molecule has 1 heterocycles. The van der Waals surface area contributed by atoms with Gasteiger partial charge in [0.25, 0.3) is 0 Å². The first kappa shape index (κ1) is 16.5. The van der Waals surface area contributed by atoms with Gasteiger partial charge in [0.1, 0.15) is 6.04 Å². The van der Waals surface area contributed by atoms with E-state index >= 15 is 0 Å². The number of nitrogens with one attached hydrogen (secondary N) is 1. The molecule has 0 aromatic heterocycles. The Labute approximate surface area is 140 Å². The van der Waals surface area contributed by atoms with Crippen LogP contribution in [0.4, 0.5) is 0 Å². The van der Waals surface area contributed by atoms with E-state index in [1.54, 1.807) is 0 Å². The highest BCUT2D eigenvalue weighted by Crippen LogP contribution is 2.28. The topological polar surface area (TPSA) is 32.3 Å². The largest absolute Gasteiger partial charge is 0.352 e. The summed E-state index contributed by atoms with van der Waals surface area (Å²) in [6.07, 6.45) is 7.26. The molecule has 3 rings (SSSR count). The van der Waals surface area contributed by atoms with Crippen molar-refractivity contribution in [2.45, 2.75) is 64.5 Å². The molecule has 0 bridgehead atoms. The van der Waals surface area contributed by atoms with E-state index in [4.69, 9.17) is 0 Å². The van der Waals surface area contributed by atoms with Crippen LogP contribution < -0.4 is 5.32 Å². The molecule has 126 valence electrons. The third-order valence-corrected chi connectivity index (χ3v) is 5.40. The number of hydrogen-bond donors (Lipinski definition) is 1. The van der Waals surface area contributed by atoms with Crippen molar-refractivity contribution < 1.29 is 4.79 Å². The Morgan fingerprint density at radius 1 is 1.13 bits per heavy atom. The molecular formula is C20H30N2O. The zero-order valence-electron chi connectivity index (χ0n) is 14.6. The Balaban J connectivity index is 1.79. The predicted molar refractivity (Wildman–Crippen MR) is 94.3 cm³/mol. The molecule has 2 aliphatic rings. The highest BCUT2D eigenvalue weighted by atomic mass is 16.2. The van der Waals surface area contributed by atoms with Gasteiger partial charge in [-0.15, -0.1) is 0 Å². The minimum absolute atomic E-state index is 0.126. The Bertz CT molecular complexity index is 519. The standard InChI is InChI=1S/C20H30N2O/c1-15-9-11-17(12-10-15)19(22-13-5-6-16(2)14-22)20(23)21-18-7-3-4-8-18/h9-12,16,18-19H,3-8,13-14H2,1-2H3,(H,21,23)/t16-,19+/m0/s1. The summed E-state index contributed by atoms with van der Waals surface area (Å²) in [5, 5.41) is 3.32. The van der Waals surface area contributed by atoms with Crippen molar-refractivity contribution in [1.29, 1.82) is 0 Å². The summed E-state index contributed by atoms with van der Waals surface area (Å²) in [5.74, 6) is 0.880. The molecule has 1 amide bonds. The summed E-state index contributed by atoms with van der Waals surface area (Å²) in [6.45, 7) is 6.45. The van der Waals surface area contributed by atoms with Crippen molar-refractivity contribution in [2.75, 3.05) is 13.1 Å². The summed E-state index contributed by atoms with van der Waals surface area (Å²) < 4.78 is 0. The van der Waals surface area contributed by atoms with E-state index in [1.165, 1.54) is 31.2 Å². The molecule has 1 saturated carbocycles. The van der Waals surface area contributed by atoms with Crippen molar-refractivity contribution in [3.63, 3.8) is 0 Å². The van der Waals surface area contributed by atoms with Gasteiger partial charge in [0.05, 0.1) is 0 Å². The summed E-state index contributed by atoms with van der Waals surface area (Å²) in [4.78, 5) is 15.4. The monoisotopic (exact) mass is 314 g/mol. The second-order valence-corrected chi connectivity index (χ2v) is 7.55. The number of carbonyl (C=O) groups is 1. The number of benzene rings is 1. The lowest BCUT2D eigenvalue weighted by Crippen LogP contribution is -2.46. The molecule has 1 aromatic carbocycles. The van der Waals surface area contributed by atoms with Crippen molar-refractivity contribution in [2.24, 2.45) is 5.92 Å². The Kier molecular flexibility index (Phi) is 5.37. The quantitative estimate of drug-likeness (QED) is 0.916. The third-order valence-electron chi connectivity index (χ3n) is 5.40. The first-order valence-electron chi connectivity index (χ1n) is 9.24. The average Bonchev–Trinajstić information content (AvgIpc) is 3.02. The second-order valence-electron chi connectivity index (χ2n) is 7.55. The fourth-order valence-corrected chi connectivity index (χ4v) is 4.09. The normalized spacial score (nSPS) is 24.5. The summed E-state index contributed by atoms with van der Waals surface area (Å²) in [6, 6.07) is 8.77. The van der Waals surface area contributed by atoms with Crippen LogP contribution in [0.15, 0.2) is 24.3 Å². The number of carbonyl (C=O) groups excluding carboxylic acids is 1. The molecule has 1 saturated heterocycles. The molecule has 1 N–H and O–H groups in total. The lowest BCUT2D eigenvalue weighted by Gasteiger charge is -2.37. The van der Waals surface area contributed by atoms with Crippen LogP contribution in [0.1, 0.15) is 62.6 Å². The van der Waals surface area contributed by atoms with Crippen LogP contribution in [-0.2, 0) is 4.79 Å². The Morgan fingerprint density at radius 3 is 2.48 bits per heavy atom. The number of hydrogen-bond acceptors (Lipinski definition) is 2. The molecule has 0 radical (unpaired) electrons. The molecule has 1 aliphatic carbocycles. The van der Waals surface area contributed by atoms with Crippen LogP contribution in [0.25, 0.3) is 0 Å². The molecule has 3 heteroatoms. The van der Waals surface area contributed by atoms with Crippen molar-refractivity contribution in [3.8, 4) is 0 Å².